The van der Waals surface area contributed by atoms with Gasteiger partial charge in [0.1, 0.15) is 5.82 Å². The average Bonchev–Trinajstić information content (AvgIpc) is 2.65. The molecule has 1 unspecified atom stereocenters. The Morgan fingerprint density at radius 2 is 2.47 bits per heavy atom. The summed E-state index contributed by atoms with van der Waals surface area (Å²) in [7, 11) is 0. The Kier molecular flexibility index (Phi) is 3.52. The van der Waals surface area contributed by atoms with E-state index >= 15 is 0 Å². The summed E-state index contributed by atoms with van der Waals surface area (Å²) in [6.07, 6.45) is 5.42. The van der Waals surface area contributed by atoms with Gasteiger partial charge in [0.15, 0.2) is 0 Å². The fraction of sp³-hybridized carbons (Fsp3) is 0.545. The maximum Gasteiger partial charge on any atom is 0.143 e. The molecule has 2 nitrogen and oxygen atoms in total. The Hall–Kier alpha value is -0.280. The molecule has 82 valence electrons. The van der Waals surface area contributed by atoms with Crippen molar-refractivity contribution in [1.82, 2.24) is 4.98 Å². The van der Waals surface area contributed by atoms with E-state index in [-0.39, 0.29) is 0 Å². The normalized spacial score (nSPS) is 21.0. The molecule has 0 aliphatic carbocycles. The maximum atomic E-state index is 5.88. The van der Waals surface area contributed by atoms with Crippen LogP contribution in [-0.2, 0) is 0 Å². The Balaban J connectivity index is 2.28. The van der Waals surface area contributed by atoms with Gasteiger partial charge in [0.05, 0.1) is 9.50 Å². The van der Waals surface area contributed by atoms with E-state index in [2.05, 4.69) is 32.7 Å². The Morgan fingerprint density at radius 1 is 1.67 bits per heavy atom. The van der Waals surface area contributed by atoms with Crippen LogP contribution in [0.5, 0.6) is 0 Å². The largest absolute Gasteiger partial charge is 0.353 e. The van der Waals surface area contributed by atoms with E-state index in [0.717, 1.165) is 16.8 Å². The number of hydrogen-bond donors (Lipinski definition) is 0. The highest BCUT2D eigenvalue weighted by atomic mass is 79.9. The zero-order valence-corrected chi connectivity index (χ0v) is 11.1. The zero-order valence-electron chi connectivity index (χ0n) is 8.71. The molecule has 4 heteroatoms. The summed E-state index contributed by atoms with van der Waals surface area (Å²) in [5, 5.41) is 0.679. The predicted molar refractivity (Wildman–Crippen MR) is 67.6 cm³/mol. The van der Waals surface area contributed by atoms with Crippen LogP contribution in [0.2, 0.25) is 5.02 Å². The molecule has 0 radical (unpaired) electrons. The van der Waals surface area contributed by atoms with Gasteiger partial charge in [-0.25, -0.2) is 4.98 Å². The molecular weight excluding hydrogens is 275 g/mol. The van der Waals surface area contributed by atoms with E-state index < -0.39 is 0 Å². The Labute approximate surface area is 104 Å². The van der Waals surface area contributed by atoms with Gasteiger partial charge in [-0.3, -0.25) is 0 Å². The van der Waals surface area contributed by atoms with Crippen molar-refractivity contribution in [3.63, 3.8) is 0 Å². The smallest absolute Gasteiger partial charge is 0.143 e. The third-order valence-corrected chi connectivity index (χ3v) is 3.70. The van der Waals surface area contributed by atoms with Crippen LogP contribution in [0.15, 0.2) is 16.7 Å². The minimum absolute atomic E-state index is 0.634. The third kappa shape index (κ3) is 2.28. The summed E-state index contributed by atoms with van der Waals surface area (Å²) < 4.78 is 0.996. The molecule has 1 fully saturated rings. The second-order valence-electron chi connectivity index (χ2n) is 3.86. The second-order valence-corrected chi connectivity index (χ2v) is 5.15. The number of rotatable bonds is 2. The van der Waals surface area contributed by atoms with Crippen LogP contribution < -0.4 is 4.90 Å². The Bertz CT molecular complexity index is 356. The lowest BCUT2D eigenvalue weighted by Crippen LogP contribution is -2.29. The molecule has 15 heavy (non-hydrogen) atoms. The fourth-order valence-corrected chi connectivity index (χ4v) is 3.02. The second kappa shape index (κ2) is 4.71. The highest BCUT2D eigenvalue weighted by Gasteiger charge is 2.25. The zero-order chi connectivity index (χ0) is 10.8. The number of pyridine rings is 1. The van der Waals surface area contributed by atoms with Gasteiger partial charge < -0.3 is 4.90 Å². The quantitative estimate of drug-likeness (QED) is 0.821. The van der Waals surface area contributed by atoms with Crippen LogP contribution in [0.1, 0.15) is 26.2 Å². The van der Waals surface area contributed by atoms with Gasteiger partial charge in [0, 0.05) is 18.8 Å². The first kappa shape index (κ1) is 11.2. The molecule has 1 aliphatic heterocycles. The number of hydrogen-bond acceptors (Lipinski definition) is 2. The van der Waals surface area contributed by atoms with E-state index in [9.17, 15) is 0 Å². The topological polar surface area (TPSA) is 16.1 Å². The molecule has 1 atom stereocenters. The number of aromatic nitrogens is 1. The predicted octanol–water partition coefficient (Wildman–Crippen LogP) is 3.88. The molecule has 0 saturated carbocycles. The van der Waals surface area contributed by atoms with Crippen LogP contribution in [0.3, 0.4) is 0 Å². The van der Waals surface area contributed by atoms with E-state index in [1.165, 1.54) is 19.3 Å². The van der Waals surface area contributed by atoms with Gasteiger partial charge in [-0.1, -0.05) is 18.5 Å². The first-order chi connectivity index (χ1) is 7.22. The van der Waals surface area contributed by atoms with Gasteiger partial charge in [-0.15, -0.1) is 0 Å². The summed E-state index contributed by atoms with van der Waals surface area (Å²) in [6.45, 7) is 3.33. The Morgan fingerprint density at radius 3 is 3.13 bits per heavy atom. The summed E-state index contributed by atoms with van der Waals surface area (Å²) in [5.74, 6) is 1.03. The molecule has 0 spiro atoms. The molecule has 2 rings (SSSR count). The fourth-order valence-electron chi connectivity index (χ4n) is 2.16. The summed E-state index contributed by atoms with van der Waals surface area (Å²) in [5.41, 5.74) is 0. The van der Waals surface area contributed by atoms with Crippen LogP contribution >= 0.6 is 27.5 Å². The van der Waals surface area contributed by atoms with Crippen molar-refractivity contribution < 1.29 is 0 Å². The first-order valence-electron chi connectivity index (χ1n) is 5.30. The molecule has 0 bridgehead atoms. The van der Waals surface area contributed by atoms with Crippen molar-refractivity contribution in [1.29, 1.82) is 0 Å². The van der Waals surface area contributed by atoms with E-state index in [0.29, 0.717) is 11.1 Å². The summed E-state index contributed by atoms with van der Waals surface area (Å²) >= 11 is 9.41. The first-order valence-corrected chi connectivity index (χ1v) is 6.47. The van der Waals surface area contributed by atoms with Crippen molar-refractivity contribution in [3.05, 3.63) is 21.8 Å². The third-order valence-electron chi connectivity index (χ3n) is 2.91. The van der Waals surface area contributed by atoms with E-state index in [1.807, 2.05) is 6.07 Å². The van der Waals surface area contributed by atoms with Gasteiger partial charge in [-0.2, -0.15) is 0 Å². The van der Waals surface area contributed by atoms with Gasteiger partial charge in [0.2, 0.25) is 0 Å². The summed E-state index contributed by atoms with van der Waals surface area (Å²) in [6, 6.07) is 2.55. The molecule has 1 aliphatic rings. The highest BCUT2D eigenvalue weighted by molar-refractivity contribution is 9.10. The minimum Gasteiger partial charge on any atom is -0.353 e. The van der Waals surface area contributed by atoms with Crippen molar-refractivity contribution >= 4 is 33.3 Å². The lowest BCUT2D eigenvalue weighted by atomic mass is 10.2. The lowest BCUT2D eigenvalue weighted by molar-refractivity contribution is 0.640. The average molecular weight is 290 g/mol. The maximum absolute atomic E-state index is 5.88. The molecule has 0 aromatic carbocycles. The van der Waals surface area contributed by atoms with Crippen LogP contribution in [-0.4, -0.2) is 17.6 Å². The minimum atomic E-state index is 0.634. The molecule has 1 saturated heterocycles. The SMILES string of the molecule is CCC1CCCN1c1ncc(Cl)cc1Br. The van der Waals surface area contributed by atoms with Crippen LogP contribution in [0.4, 0.5) is 5.82 Å². The lowest BCUT2D eigenvalue weighted by Gasteiger charge is -2.25. The molecule has 0 N–H and O–H groups in total. The van der Waals surface area contributed by atoms with Crippen molar-refractivity contribution in [2.45, 2.75) is 32.2 Å². The van der Waals surface area contributed by atoms with Crippen molar-refractivity contribution in [2.24, 2.45) is 0 Å². The standard InChI is InChI=1S/C11H14BrClN2/c1-2-9-4-3-5-15(9)11-10(12)6-8(13)7-14-11/h6-7,9H,2-5H2,1H3. The number of nitrogens with zero attached hydrogens (tertiary/aromatic N) is 2. The van der Waals surface area contributed by atoms with Crippen molar-refractivity contribution in [3.8, 4) is 0 Å². The molecule has 0 amide bonds. The highest BCUT2D eigenvalue weighted by Crippen LogP contribution is 2.32. The monoisotopic (exact) mass is 288 g/mol. The molecular formula is C11H14BrClN2. The van der Waals surface area contributed by atoms with Gasteiger partial charge >= 0.3 is 0 Å². The summed E-state index contributed by atoms with van der Waals surface area (Å²) in [4.78, 5) is 6.78. The molecule has 2 heterocycles. The van der Waals surface area contributed by atoms with Gasteiger partial charge in [0.25, 0.3) is 0 Å². The van der Waals surface area contributed by atoms with Crippen LogP contribution in [0, 0.1) is 0 Å². The van der Waals surface area contributed by atoms with Crippen LogP contribution in [0.25, 0.3) is 0 Å². The molecule has 1 aromatic rings. The van der Waals surface area contributed by atoms with Gasteiger partial charge in [-0.05, 0) is 41.3 Å². The van der Waals surface area contributed by atoms with E-state index in [4.69, 9.17) is 11.6 Å². The van der Waals surface area contributed by atoms with E-state index in [1.54, 1.807) is 6.20 Å². The number of halogens is 2. The molecule has 1 aromatic heterocycles. The number of anilines is 1. The van der Waals surface area contributed by atoms with Crippen molar-refractivity contribution in [2.75, 3.05) is 11.4 Å².